The van der Waals surface area contributed by atoms with Crippen LogP contribution >= 0.6 is 0 Å². The van der Waals surface area contributed by atoms with Crippen LogP contribution in [0.4, 0.5) is 5.69 Å². The molecule has 0 radical (unpaired) electrons. The number of amides is 2. The van der Waals surface area contributed by atoms with E-state index in [1.165, 1.54) is 0 Å². The maximum atomic E-state index is 11.3. The predicted molar refractivity (Wildman–Crippen MR) is 55.3 cm³/mol. The summed E-state index contributed by atoms with van der Waals surface area (Å²) in [5.41, 5.74) is 1.75. The van der Waals surface area contributed by atoms with Crippen LogP contribution in [0.1, 0.15) is 11.4 Å². The summed E-state index contributed by atoms with van der Waals surface area (Å²) in [6.07, 6.45) is 0. The zero-order valence-electron chi connectivity index (χ0n) is 8.92. The molecule has 2 amide bonds. The van der Waals surface area contributed by atoms with E-state index < -0.39 is 11.8 Å². The minimum atomic E-state index is -0.846. The molecule has 0 saturated heterocycles. The highest BCUT2D eigenvalue weighted by atomic mass is 16.2. The average molecular weight is 221 g/mol. The molecule has 0 fully saturated rings. The number of aryl methyl sites for hydroxylation is 2. The molecule has 7 heteroatoms. The molecular formula is C9H11N5O2. The van der Waals surface area contributed by atoms with Gasteiger partial charge in [-0.3, -0.25) is 14.7 Å². The highest BCUT2D eigenvalue weighted by Crippen LogP contribution is 2.15. The highest BCUT2D eigenvalue weighted by molar-refractivity contribution is 6.39. The minimum Gasteiger partial charge on any atom is -0.335 e. The maximum absolute atomic E-state index is 11.3. The van der Waals surface area contributed by atoms with Crippen LogP contribution in [0.15, 0.2) is 0 Å². The van der Waals surface area contributed by atoms with Crippen molar-refractivity contribution in [2.75, 3.05) is 11.9 Å². The molecule has 0 aliphatic heterocycles. The number of rotatable bonds is 2. The van der Waals surface area contributed by atoms with Gasteiger partial charge in [-0.05, 0) is 13.8 Å². The van der Waals surface area contributed by atoms with Gasteiger partial charge in [0.05, 0.1) is 23.1 Å². The Morgan fingerprint density at radius 1 is 1.44 bits per heavy atom. The first-order valence-electron chi connectivity index (χ1n) is 4.54. The summed E-state index contributed by atoms with van der Waals surface area (Å²) < 4.78 is 0. The van der Waals surface area contributed by atoms with Gasteiger partial charge < -0.3 is 10.6 Å². The fourth-order valence-corrected chi connectivity index (χ4v) is 1.11. The molecule has 0 atom stereocenters. The maximum Gasteiger partial charge on any atom is 0.313 e. The Labute approximate surface area is 91.8 Å². The second-order valence-electron chi connectivity index (χ2n) is 3.10. The van der Waals surface area contributed by atoms with Crippen LogP contribution in [-0.4, -0.2) is 28.6 Å². The van der Waals surface area contributed by atoms with E-state index in [9.17, 15) is 9.59 Å². The number of hydrogen-bond acceptors (Lipinski definition) is 4. The van der Waals surface area contributed by atoms with Gasteiger partial charge in [0.25, 0.3) is 0 Å². The third-order valence-corrected chi connectivity index (χ3v) is 1.90. The number of aromatic nitrogens is 2. The van der Waals surface area contributed by atoms with E-state index in [4.69, 9.17) is 5.26 Å². The largest absolute Gasteiger partial charge is 0.335 e. The molecule has 16 heavy (non-hydrogen) atoms. The Morgan fingerprint density at radius 2 is 2.12 bits per heavy atom. The van der Waals surface area contributed by atoms with Crippen molar-refractivity contribution in [1.29, 1.82) is 5.26 Å². The number of nitriles is 1. The topological polar surface area (TPSA) is 111 Å². The van der Waals surface area contributed by atoms with Gasteiger partial charge in [-0.1, -0.05) is 0 Å². The van der Waals surface area contributed by atoms with Gasteiger partial charge in [0.15, 0.2) is 0 Å². The summed E-state index contributed by atoms with van der Waals surface area (Å²) >= 11 is 0. The molecule has 84 valence electrons. The quantitative estimate of drug-likeness (QED) is 0.466. The molecule has 0 bridgehead atoms. The third-order valence-electron chi connectivity index (χ3n) is 1.90. The molecule has 0 aromatic carbocycles. The number of carbonyl (C=O) groups excluding carboxylic acids is 2. The summed E-state index contributed by atoms with van der Waals surface area (Å²) in [6.45, 7) is 3.23. The van der Waals surface area contributed by atoms with Crippen molar-refractivity contribution < 1.29 is 9.59 Å². The highest BCUT2D eigenvalue weighted by Gasteiger charge is 2.16. The Bertz CT molecular complexity index is 437. The third kappa shape index (κ3) is 2.57. The first kappa shape index (κ1) is 11.7. The van der Waals surface area contributed by atoms with E-state index in [1.54, 1.807) is 19.9 Å². The van der Waals surface area contributed by atoms with Crippen molar-refractivity contribution in [3.05, 3.63) is 11.4 Å². The first-order chi connectivity index (χ1) is 7.56. The minimum absolute atomic E-state index is 0.199. The number of anilines is 1. The molecule has 1 aromatic rings. The zero-order chi connectivity index (χ0) is 12.1. The van der Waals surface area contributed by atoms with Crippen molar-refractivity contribution in [3.8, 4) is 6.07 Å². The van der Waals surface area contributed by atoms with Crippen LogP contribution in [0.2, 0.25) is 0 Å². The summed E-state index contributed by atoms with van der Waals surface area (Å²) in [5.74, 6) is -1.66. The molecule has 0 spiro atoms. The standard InChI is InChI=1S/C9H11N5O2/c1-5-7(6(2)14-13-5)12-9(16)8(15)11-4-3-10/h4H2,1-2H3,(H,11,15)(H,12,16)(H,13,14). The molecule has 1 rings (SSSR count). The van der Waals surface area contributed by atoms with Crippen LogP contribution in [0, 0.1) is 25.2 Å². The van der Waals surface area contributed by atoms with Gasteiger partial charge in [0.2, 0.25) is 0 Å². The molecule has 0 aliphatic rings. The van der Waals surface area contributed by atoms with E-state index in [-0.39, 0.29) is 6.54 Å². The average Bonchev–Trinajstić information content (AvgIpc) is 2.57. The van der Waals surface area contributed by atoms with Gasteiger partial charge >= 0.3 is 11.8 Å². The van der Waals surface area contributed by atoms with Crippen molar-refractivity contribution in [1.82, 2.24) is 15.5 Å². The molecule has 0 saturated carbocycles. The summed E-state index contributed by atoms with van der Waals surface area (Å²) in [5, 5.41) is 19.3. The Kier molecular flexibility index (Phi) is 3.61. The number of hydrogen-bond donors (Lipinski definition) is 3. The molecular weight excluding hydrogens is 210 g/mol. The van der Waals surface area contributed by atoms with Crippen LogP contribution in [0.3, 0.4) is 0 Å². The van der Waals surface area contributed by atoms with Gasteiger partial charge in [0.1, 0.15) is 6.54 Å². The molecule has 3 N–H and O–H groups in total. The van der Waals surface area contributed by atoms with Crippen molar-refractivity contribution in [2.45, 2.75) is 13.8 Å². The van der Waals surface area contributed by atoms with Crippen LogP contribution in [-0.2, 0) is 9.59 Å². The van der Waals surface area contributed by atoms with E-state index in [1.807, 2.05) is 0 Å². The summed E-state index contributed by atoms with van der Waals surface area (Å²) in [6, 6.07) is 1.70. The van der Waals surface area contributed by atoms with Crippen molar-refractivity contribution >= 4 is 17.5 Å². The normalized spacial score (nSPS) is 9.31. The lowest BCUT2D eigenvalue weighted by Crippen LogP contribution is -2.35. The fraction of sp³-hybridized carbons (Fsp3) is 0.333. The molecule has 1 heterocycles. The van der Waals surface area contributed by atoms with E-state index in [0.29, 0.717) is 17.1 Å². The number of H-pyrrole nitrogens is 1. The number of nitrogens with one attached hydrogen (secondary N) is 3. The SMILES string of the molecule is Cc1n[nH]c(C)c1NC(=O)C(=O)NCC#N. The second kappa shape index (κ2) is 4.93. The Morgan fingerprint density at radius 3 is 2.62 bits per heavy atom. The Hall–Kier alpha value is -2.36. The molecule has 0 unspecified atom stereocenters. The lowest BCUT2D eigenvalue weighted by atomic mass is 10.3. The number of carbonyl (C=O) groups is 2. The summed E-state index contributed by atoms with van der Waals surface area (Å²) in [7, 11) is 0. The zero-order valence-corrected chi connectivity index (χ0v) is 8.92. The monoisotopic (exact) mass is 221 g/mol. The van der Waals surface area contributed by atoms with E-state index in [2.05, 4.69) is 20.8 Å². The first-order valence-corrected chi connectivity index (χ1v) is 4.54. The number of aromatic amines is 1. The fourth-order valence-electron chi connectivity index (χ4n) is 1.11. The van der Waals surface area contributed by atoms with Crippen LogP contribution in [0.25, 0.3) is 0 Å². The smallest absolute Gasteiger partial charge is 0.313 e. The Balaban J connectivity index is 2.65. The van der Waals surface area contributed by atoms with E-state index >= 15 is 0 Å². The van der Waals surface area contributed by atoms with Gasteiger partial charge in [0, 0.05) is 0 Å². The predicted octanol–water partition coefficient (Wildman–Crippen LogP) is -0.395. The molecule has 7 nitrogen and oxygen atoms in total. The lowest BCUT2D eigenvalue weighted by molar-refractivity contribution is -0.136. The second-order valence-corrected chi connectivity index (χ2v) is 3.10. The number of nitrogens with zero attached hydrogens (tertiary/aromatic N) is 2. The van der Waals surface area contributed by atoms with Gasteiger partial charge in [-0.15, -0.1) is 0 Å². The molecule has 0 aliphatic carbocycles. The van der Waals surface area contributed by atoms with Gasteiger partial charge in [-0.2, -0.15) is 10.4 Å². The summed E-state index contributed by atoms with van der Waals surface area (Å²) in [4.78, 5) is 22.5. The van der Waals surface area contributed by atoms with Crippen molar-refractivity contribution in [3.63, 3.8) is 0 Å². The molecule has 1 aromatic heterocycles. The van der Waals surface area contributed by atoms with Crippen molar-refractivity contribution in [2.24, 2.45) is 0 Å². The van der Waals surface area contributed by atoms with Gasteiger partial charge in [-0.25, -0.2) is 0 Å². The van der Waals surface area contributed by atoms with Crippen LogP contribution in [0.5, 0.6) is 0 Å². The lowest BCUT2D eigenvalue weighted by Gasteiger charge is -2.03. The van der Waals surface area contributed by atoms with Crippen LogP contribution < -0.4 is 10.6 Å². The van der Waals surface area contributed by atoms with E-state index in [0.717, 1.165) is 0 Å².